The molecule has 0 saturated carbocycles. The molecule has 1 aromatic heterocycles. The number of rotatable bonds is 2. The van der Waals surface area contributed by atoms with E-state index in [0.29, 0.717) is 11.1 Å². The lowest BCUT2D eigenvalue weighted by Gasteiger charge is -2.24. The van der Waals surface area contributed by atoms with Crippen LogP contribution in [-0.2, 0) is 4.74 Å². The first kappa shape index (κ1) is 7.82. The lowest BCUT2D eigenvalue weighted by molar-refractivity contribution is 0.0454. The monoisotopic (exact) mass is 183 g/mol. The van der Waals surface area contributed by atoms with Gasteiger partial charge in [0.15, 0.2) is 0 Å². The van der Waals surface area contributed by atoms with Gasteiger partial charge >= 0.3 is 0 Å². The summed E-state index contributed by atoms with van der Waals surface area (Å²) in [5.41, 5.74) is 5.50. The van der Waals surface area contributed by atoms with E-state index >= 15 is 0 Å². The highest BCUT2D eigenvalue weighted by atomic mass is 32.2. The fraction of sp³-hybridized carbons (Fsp3) is 0.429. The number of nitrogen functional groups attached to an aromatic ring is 1. The van der Waals surface area contributed by atoms with Gasteiger partial charge in [-0.25, -0.2) is 9.97 Å². The van der Waals surface area contributed by atoms with E-state index in [1.54, 1.807) is 17.8 Å². The molecule has 1 fully saturated rings. The van der Waals surface area contributed by atoms with Crippen molar-refractivity contribution in [3.05, 3.63) is 12.4 Å². The maximum Gasteiger partial charge on any atom is 0.127 e. The summed E-state index contributed by atoms with van der Waals surface area (Å²) in [5, 5.41) is 1.47. The highest BCUT2D eigenvalue weighted by Gasteiger charge is 2.19. The molecule has 0 spiro atoms. The number of nitrogens with two attached hydrogens (primary N) is 1. The summed E-state index contributed by atoms with van der Waals surface area (Å²) in [7, 11) is 0. The van der Waals surface area contributed by atoms with Crippen molar-refractivity contribution in [2.45, 2.75) is 10.3 Å². The third-order valence-electron chi connectivity index (χ3n) is 1.56. The zero-order chi connectivity index (χ0) is 8.39. The third-order valence-corrected chi connectivity index (χ3v) is 2.63. The van der Waals surface area contributed by atoms with Crippen LogP contribution < -0.4 is 5.73 Å². The van der Waals surface area contributed by atoms with E-state index in [9.17, 15) is 0 Å². The second-order valence-electron chi connectivity index (χ2n) is 2.56. The zero-order valence-electron chi connectivity index (χ0n) is 6.43. The van der Waals surface area contributed by atoms with Gasteiger partial charge in [-0.1, -0.05) is 11.8 Å². The molecular weight excluding hydrogens is 174 g/mol. The Balaban J connectivity index is 2.02. The van der Waals surface area contributed by atoms with Crippen LogP contribution in [0.1, 0.15) is 0 Å². The first-order valence-electron chi connectivity index (χ1n) is 3.66. The fourth-order valence-corrected chi connectivity index (χ4v) is 1.84. The summed E-state index contributed by atoms with van der Waals surface area (Å²) in [6.07, 6.45) is 1.48. The molecule has 1 saturated heterocycles. The Morgan fingerprint density at radius 1 is 1.50 bits per heavy atom. The zero-order valence-corrected chi connectivity index (χ0v) is 7.25. The average Bonchev–Trinajstić information content (AvgIpc) is 1.97. The Kier molecular flexibility index (Phi) is 2.14. The van der Waals surface area contributed by atoms with E-state index in [2.05, 4.69) is 9.97 Å². The molecule has 0 aliphatic carbocycles. The molecule has 0 amide bonds. The molecule has 4 nitrogen and oxygen atoms in total. The highest BCUT2D eigenvalue weighted by molar-refractivity contribution is 8.00. The maximum absolute atomic E-state index is 5.50. The van der Waals surface area contributed by atoms with Crippen LogP contribution in [-0.4, -0.2) is 28.4 Å². The van der Waals surface area contributed by atoms with Gasteiger partial charge in [-0.05, 0) is 0 Å². The van der Waals surface area contributed by atoms with Gasteiger partial charge in [-0.3, -0.25) is 0 Å². The van der Waals surface area contributed by atoms with Gasteiger partial charge in [0.2, 0.25) is 0 Å². The van der Waals surface area contributed by atoms with Crippen LogP contribution >= 0.6 is 11.8 Å². The van der Waals surface area contributed by atoms with Crippen LogP contribution in [0.2, 0.25) is 0 Å². The van der Waals surface area contributed by atoms with Crippen molar-refractivity contribution in [2.24, 2.45) is 0 Å². The van der Waals surface area contributed by atoms with Crippen molar-refractivity contribution in [1.29, 1.82) is 0 Å². The number of hydrogen-bond donors (Lipinski definition) is 1. The summed E-state index contributed by atoms with van der Waals surface area (Å²) in [5.74, 6) is 0.521. The highest BCUT2D eigenvalue weighted by Crippen LogP contribution is 2.26. The lowest BCUT2D eigenvalue weighted by atomic mass is 10.4. The predicted octanol–water partition coefficient (Wildman–Crippen LogP) is 0.550. The van der Waals surface area contributed by atoms with Gasteiger partial charge in [0.05, 0.1) is 18.5 Å². The molecule has 2 heterocycles. The van der Waals surface area contributed by atoms with Crippen LogP contribution in [0.4, 0.5) is 5.82 Å². The molecule has 0 aromatic carbocycles. The topological polar surface area (TPSA) is 61.0 Å². The van der Waals surface area contributed by atoms with Gasteiger partial charge in [-0.2, -0.15) is 0 Å². The summed E-state index contributed by atoms with van der Waals surface area (Å²) in [6, 6.07) is 1.78. The Labute approximate surface area is 74.5 Å². The lowest BCUT2D eigenvalue weighted by Crippen LogP contribution is -2.30. The first-order valence-corrected chi connectivity index (χ1v) is 4.54. The third kappa shape index (κ3) is 1.67. The van der Waals surface area contributed by atoms with Gasteiger partial charge < -0.3 is 10.5 Å². The number of anilines is 1. The average molecular weight is 183 g/mol. The Hall–Kier alpha value is -0.810. The van der Waals surface area contributed by atoms with Crippen LogP contribution in [0.5, 0.6) is 0 Å². The maximum atomic E-state index is 5.50. The molecule has 1 aliphatic heterocycles. The minimum absolute atomic E-state index is 0.521. The van der Waals surface area contributed by atoms with Crippen LogP contribution in [0, 0.1) is 0 Å². The molecule has 1 aliphatic rings. The van der Waals surface area contributed by atoms with Crippen molar-refractivity contribution in [1.82, 2.24) is 9.97 Å². The van der Waals surface area contributed by atoms with Crippen LogP contribution in [0.15, 0.2) is 17.4 Å². The molecule has 0 atom stereocenters. The Bertz CT molecular complexity index is 277. The van der Waals surface area contributed by atoms with Crippen LogP contribution in [0.25, 0.3) is 0 Å². The van der Waals surface area contributed by atoms with Crippen molar-refractivity contribution in [3.63, 3.8) is 0 Å². The molecule has 5 heteroatoms. The van der Waals surface area contributed by atoms with Crippen molar-refractivity contribution in [3.8, 4) is 0 Å². The molecular formula is C7H9N3OS. The van der Waals surface area contributed by atoms with E-state index < -0.39 is 0 Å². The smallest absolute Gasteiger partial charge is 0.127 e. The molecule has 64 valence electrons. The number of hydrogen-bond acceptors (Lipinski definition) is 5. The largest absolute Gasteiger partial charge is 0.384 e. The van der Waals surface area contributed by atoms with E-state index in [1.807, 2.05) is 0 Å². The molecule has 0 radical (unpaired) electrons. The number of ether oxygens (including phenoxy) is 1. The molecule has 0 bridgehead atoms. The van der Waals surface area contributed by atoms with E-state index in [-0.39, 0.29) is 0 Å². The summed E-state index contributed by atoms with van der Waals surface area (Å²) in [6.45, 7) is 1.63. The summed E-state index contributed by atoms with van der Waals surface area (Å²) in [4.78, 5) is 7.89. The van der Waals surface area contributed by atoms with Gasteiger partial charge in [0.1, 0.15) is 17.2 Å². The van der Waals surface area contributed by atoms with E-state index in [1.165, 1.54) is 6.33 Å². The quantitative estimate of drug-likeness (QED) is 0.678. The van der Waals surface area contributed by atoms with Crippen molar-refractivity contribution < 1.29 is 4.74 Å². The van der Waals surface area contributed by atoms with E-state index in [0.717, 1.165) is 18.2 Å². The minimum Gasteiger partial charge on any atom is -0.384 e. The van der Waals surface area contributed by atoms with E-state index in [4.69, 9.17) is 10.5 Å². The van der Waals surface area contributed by atoms with Gasteiger partial charge in [0, 0.05) is 6.07 Å². The molecule has 2 N–H and O–H groups in total. The molecule has 1 aromatic rings. The summed E-state index contributed by atoms with van der Waals surface area (Å²) < 4.78 is 5.04. The molecule has 0 unspecified atom stereocenters. The fourth-order valence-electron chi connectivity index (χ4n) is 0.871. The molecule has 2 rings (SSSR count). The Morgan fingerprint density at radius 3 is 2.92 bits per heavy atom. The number of aromatic nitrogens is 2. The molecule has 12 heavy (non-hydrogen) atoms. The van der Waals surface area contributed by atoms with Crippen molar-refractivity contribution >= 4 is 17.6 Å². The standard InChI is InChI=1S/C7H9N3OS/c8-6-1-7(10-4-9-6)12-5-2-11-3-5/h1,4-5H,2-3H2,(H2,8,9,10). The first-order chi connectivity index (χ1) is 5.84. The minimum atomic E-state index is 0.521. The SMILES string of the molecule is Nc1cc(SC2COC2)ncn1. The number of nitrogens with zero attached hydrogens (tertiary/aromatic N) is 2. The second kappa shape index (κ2) is 3.28. The second-order valence-corrected chi connectivity index (χ2v) is 3.88. The Morgan fingerprint density at radius 2 is 2.33 bits per heavy atom. The van der Waals surface area contributed by atoms with Gasteiger partial charge in [0.25, 0.3) is 0 Å². The predicted molar refractivity (Wildman–Crippen MR) is 46.9 cm³/mol. The van der Waals surface area contributed by atoms with Crippen molar-refractivity contribution in [2.75, 3.05) is 18.9 Å². The van der Waals surface area contributed by atoms with Gasteiger partial charge in [-0.15, -0.1) is 0 Å². The normalized spacial score (nSPS) is 17.3. The summed E-state index contributed by atoms with van der Waals surface area (Å²) >= 11 is 1.69. The number of thioether (sulfide) groups is 1. The van der Waals surface area contributed by atoms with Crippen LogP contribution in [0.3, 0.4) is 0 Å².